The van der Waals surface area contributed by atoms with Gasteiger partial charge < -0.3 is 0 Å². The van der Waals surface area contributed by atoms with Gasteiger partial charge in [-0.3, -0.25) is 0 Å². The Morgan fingerprint density at radius 1 is 0.667 bits per heavy atom. The van der Waals surface area contributed by atoms with Gasteiger partial charge in [-0.1, -0.05) is 48.5 Å². The summed E-state index contributed by atoms with van der Waals surface area (Å²) >= 11 is 2.36. The van der Waals surface area contributed by atoms with E-state index in [1.54, 1.807) is 0 Å². The lowest BCUT2D eigenvalue weighted by Gasteiger charge is -2.11. The summed E-state index contributed by atoms with van der Waals surface area (Å²) in [4.78, 5) is 4.80. The number of hydrogen-bond donors (Lipinski definition) is 0. The molecule has 0 unspecified atom stereocenters. The molecule has 0 fully saturated rings. The van der Waals surface area contributed by atoms with Gasteiger partial charge in [0.15, 0.2) is 0 Å². The molecule has 0 saturated heterocycles. The van der Waals surface area contributed by atoms with Gasteiger partial charge in [-0.2, -0.15) is 0 Å². The molecule has 0 amide bonds. The van der Waals surface area contributed by atoms with Gasteiger partial charge in [0.25, 0.3) is 0 Å². The predicted molar refractivity (Wildman–Crippen MR) is 97.4 cm³/mol. The highest BCUT2D eigenvalue weighted by atomic mass is 127. The summed E-state index contributed by atoms with van der Waals surface area (Å²) in [5.74, 6) is 0. The van der Waals surface area contributed by atoms with Crippen LogP contribution in [-0.4, -0.2) is 4.98 Å². The van der Waals surface area contributed by atoms with Gasteiger partial charge in [0, 0.05) is 19.9 Å². The highest BCUT2D eigenvalue weighted by Crippen LogP contribution is 2.35. The lowest BCUT2D eigenvalue weighted by atomic mass is 9.96. The van der Waals surface area contributed by atoms with E-state index in [0.29, 0.717) is 0 Å². The van der Waals surface area contributed by atoms with E-state index in [1.807, 2.05) is 6.07 Å². The van der Waals surface area contributed by atoms with Gasteiger partial charge in [0.2, 0.25) is 0 Å². The van der Waals surface area contributed by atoms with E-state index in [0.717, 1.165) is 11.0 Å². The first kappa shape index (κ1) is 12.8. The van der Waals surface area contributed by atoms with Crippen LogP contribution in [0.2, 0.25) is 0 Å². The molecule has 0 bridgehead atoms. The molecule has 1 heterocycles. The number of para-hydroxylation sites is 1. The van der Waals surface area contributed by atoms with Crippen LogP contribution < -0.4 is 0 Å². The second-order valence-corrected chi connectivity index (χ2v) is 6.28. The zero-order chi connectivity index (χ0) is 14.2. The zero-order valence-corrected chi connectivity index (χ0v) is 13.4. The molecule has 1 aromatic heterocycles. The van der Waals surface area contributed by atoms with Crippen molar-refractivity contribution in [1.82, 2.24) is 4.98 Å². The van der Waals surface area contributed by atoms with E-state index in [9.17, 15) is 0 Å². The van der Waals surface area contributed by atoms with E-state index in [2.05, 4.69) is 89.3 Å². The SMILES string of the molecule is Ic1ccc2nc3ccccc3c(-c3ccccc3)c2c1. The maximum Gasteiger partial charge on any atom is 0.0716 e. The van der Waals surface area contributed by atoms with Crippen molar-refractivity contribution < 1.29 is 0 Å². The third kappa shape index (κ3) is 2.20. The summed E-state index contributed by atoms with van der Waals surface area (Å²) in [6, 6.07) is 25.4. The number of hydrogen-bond acceptors (Lipinski definition) is 1. The van der Waals surface area contributed by atoms with Crippen molar-refractivity contribution in [2.45, 2.75) is 0 Å². The zero-order valence-electron chi connectivity index (χ0n) is 11.3. The average Bonchev–Trinajstić information content (AvgIpc) is 2.53. The van der Waals surface area contributed by atoms with Crippen LogP contribution in [0.1, 0.15) is 0 Å². The van der Waals surface area contributed by atoms with Gasteiger partial charge in [0.1, 0.15) is 0 Å². The van der Waals surface area contributed by atoms with E-state index in [1.165, 1.54) is 25.5 Å². The molecule has 0 aliphatic heterocycles. The van der Waals surface area contributed by atoms with Gasteiger partial charge in [-0.25, -0.2) is 4.98 Å². The lowest BCUT2D eigenvalue weighted by molar-refractivity contribution is 1.49. The van der Waals surface area contributed by atoms with Gasteiger partial charge in [-0.15, -0.1) is 0 Å². The molecule has 0 spiro atoms. The van der Waals surface area contributed by atoms with E-state index in [4.69, 9.17) is 4.98 Å². The quantitative estimate of drug-likeness (QED) is 0.306. The topological polar surface area (TPSA) is 12.9 Å². The number of pyridine rings is 1. The first-order valence-corrected chi connectivity index (χ1v) is 7.94. The first-order valence-electron chi connectivity index (χ1n) is 6.86. The van der Waals surface area contributed by atoms with Crippen molar-refractivity contribution in [2.75, 3.05) is 0 Å². The van der Waals surface area contributed by atoms with E-state index in [-0.39, 0.29) is 0 Å². The Morgan fingerprint density at radius 2 is 1.38 bits per heavy atom. The molecule has 0 saturated carbocycles. The fraction of sp³-hybridized carbons (Fsp3) is 0. The molecule has 21 heavy (non-hydrogen) atoms. The third-order valence-electron chi connectivity index (χ3n) is 3.70. The maximum absolute atomic E-state index is 4.80. The molecule has 0 aliphatic carbocycles. The Balaban J connectivity index is 2.24. The fourth-order valence-corrected chi connectivity index (χ4v) is 3.27. The van der Waals surface area contributed by atoms with Crippen molar-refractivity contribution >= 4 is 44.4 Å². The minimum absolute atomic E-state index is 1.05. The Bertz CT molecular complexity index is 945. The Kier molecular flexibility index (Phi) is 3.11. The fourth-order valence-electron chi connectivity index (χ4n) is 2.78. The van der Waals surface area contributed by atoms with Crippen LogP contribution in [-0.2, 0) is 0 Å². The van der Waals surface area contributed by atoms with E-state index < -0.39 is 0 Å². The standard InChI is InChI=1S/C19H12IN/c20-14-10-11-18-16(12-14)19(13-6-2-1-3-7-13)15-8-4-5-9-17(15)21-18/h1-12H. The number of halogens is 1. The first-order chi connectivity index (χ1) is 10.3. The minimum atomic E-state index is 1.05. The maximum atomic E-state index is 4.80. The van der Waals surface area contributed by atoms with E-state index >= 15 is 0 Å². The number of fused-ring (bicyclic) bond motifs is 2. The smallest absolute Gasteiger partial charge is 0.0716 e. The number of aromatic nitrogens is 1. The number of benzene rings is 3. The van der Waals surface area contributed by atoms with Crippen LogP contribution >= 0.6 is 22.6 Å². The molecular weight excluding hydrogens is 369 g/mol. The monoisotopic (exact) mass is 381 g/mol. The van der Waals surface area contributed by atoms with Crippen molar-refractivity contribution in [3.63, 3.8) is 0 Å². The minimum Gasteiger partial charge on any atom is -0.248 e. The van der Waals surface area contributed by atoms with Crippen molar-refractivity contribution in [3.05, 3.63) is 76.4 Å². The molecule has 4 rings (SSSR count). The van der Waals surface area contributed by atoms with Crippen LogP contribution in [0.25, 0.3) is 32.9 Å². The van der Waals surface area contributed by atoms with Gasteiger partial charge >= 0.3 is 0 Å². The third-order valence-corrected chi connectivity index (χ3v) is 4.38. The molecule has 100 valence electrons. The second kappa shape index (κ2) is 5.11. The van der Waals surface area contributed by atoms with Crippen molar-refractivity contribution in [2.24, 2.45) is 0 Å². The summed E-state index contributed by atoms with van der Waals surface area (Å²) in [5.41, 5.74) is 4.61. The summed E-state index contributed by atoms with van der Waals surface area (Å²) in [6.45, 7) is 0. The van der Waals surface area contributed by atoms with Crippen molar-refractivity contribution in [1.29, 1.82) is 0 Å². The highest BCUT2D eigenvalue weighted by molar-refractivity contribution is 14.1. The summed E-state index contributed by atoms with van der Waals surface area (Å²) < 4.78 is 1.23. The number of rotatable bonds is 1. The summed E-state index contributed by atoms with van der Waals surface area (Å²) in [7, 11) is 0. The van der Waals surface area contributed by atoms with Crippen LogP contribution in [0.15, 0.2) is 72.8 Å². The Labute approximate surface area is 136 Å². The predicted octanol–water partition coefficient (Wildman–Crippen LogP) is 5.66. The van der Waals surface area contributed by atoms with Crippen LogP contribution in [0.5, 0.6) is 0 Å². The molecule has 1 nitrogen and oxygen atoms in total. The van der Waals surface area contributed by atoms with Gasteiger partial charge in [-0.05, 0) is 52.4 Å². The summed E-state index contributed by atoms with van der Waals surface area (Å²) in [6.07, 6.45) is 0. The number of nitrogens with zero attached hydrogens (tertiary/aromatic N) is 1. The molecule has 3 aromatic carbocycles. The molecule has 0 radical (unpaired) electrons. The van der Waals surface area contributed by atoms with Crippen LogP contribution in [0, 0.1) is 3.57 Å². The van der Waals surface area contributed by atoms with Gasteiger partial charge in [0.05, 0.1) is 11.0 Å². The van der Waals surface area contributed by atoms with Crippen LogP contribution in [0.3, 0.4) is 0 Å². The molecule has 4 aromatic rings. The second-order valence-electron chi connectivity index (χ2n) is 5.03. The Hall–Kier alpha value is -1.94. The summed E-state index contributed by atoms with van der Waals surface area (Å²) in [5, 5.41) is 2.42. The molecule has 2 heteroatoms. The average molecular weight is 381 g/mol. The highest BCUT2D eigenvalue weighted by Gasteiger charge is 2.10. The van der Waals surface area contributed by atoms with Crippen LogP contribution in [0.4, 0.5) is 0 Å². The molecule has 0 N–H and O–H groups in total. The molecule has 0 aliphatic rings. The van der Waals surface area contributed by atoms with Crippen molar-refractivity contribution in [3.8, 4) is 11.1 Å². The lowest BCUT2D eigenvalue weighted by Crippen LogP contribution is -1.89. The molecular formula is C19H12IN. The normalized spacial score (nSPS) is 11.1. The largest absolute Gasteiger partial charge is 0.248 e. The molecule has 0 atom stereocenters. The Morgan fingerprint density at radius 3 is 2.24 bits per heavy atom.